The average Bonchev–Trinajstić information content (AvgIpc) is 2.77. The Morgan fingerprint density at radius 3 is 3.00 bits per heavy atom. The molecular weight excluding hydrogens is 198 g/mol. The third kappa shape index (κ3) is 1.86. The van der Waals surface area contributed by atoms with Gasteiger partial charge in [-0.05, 0) is 12.5 Å². The molecule has 1 fully saturated rings. The van der Waals surface area contributed by atoms with Gasteiger partial charge >= 0.3 is 5.97 Å². The Balaban J connectivity index is 2.13. The van der Waals surface area contributed by atoms with Crippen LogP contribution in [0.4, 0.5) is 0 Å². The first kappa shape index (κ1) is 9.76. The molecule has 2 rings (SSSR count). The molecule has 1 aliphatic rings. The van der Waals surface area contributed by atoms with Crippen LogP contribution < -0.4 is 0 Å². The third-order valence-electron chi connectivity index (χ3n) is 2.47. The van der Waals surface area contributed by atoms with Crippen LogP contribution in [0.1, 0.15) is 29.0 Å². The molecule has 1 amide bonds. The molecule has 1 aliphatic heterocycles. The van der Waals surface area contributed by atoms with Crippen molar-refractivity contribution in [2.24, 2.45) is 0 Å². The molecule has 15 heavy (non-hydrogen) atoms. The Hall–Kier alpha value is -1.78. The van der Waals surface area contributed by atoms with Gasteiger partial charge in [-0.3, -0.25) is 4.79 Å². The first-order valence-corrected chi connectivity index (χ1v) is 4.76. The Morgan fingerprint density at radius 1 is 1.60 bits per heavy atom. The van der Waals surface area contributed by atoms with Gasteiger partial charge in [-0.1, -0.05) is 0 Å². The topological polar surface area (TPSA) is 70.8 Å². The fourth-order valence-corrected chi connectivity index (χ4v) is 1.72. The Labute approximate surface area is 86.3 Å². The van der Waals surface area contributed by atoms with Crippen molar-refractivity contribution in [2.45, 2.75) is 19.4 Å². The van der Waals surface area contributed by atoms with Gasteiger partial charge in [0.1, 0.15) is 0 Å². The van der Waals surface area contributed by atoms with Gasteiger partial charge in [-0.25, -0.2) is 4.79 Å². The van der Waals surface area contributed by atoms with Gasteiger partial charge in [-0.15, -0.1) is 0 Å². The smallest absolute Gasteiger partial charge is 0.372 e. The minimum absolute atomic E-state index is 0.0744. The summed E-state index contributed by atoms with van der Waals surface area (Å²) in [7, 11) is 0. The van der Waals surface area contributed by atoms with Gasteiger partial charge < -0.3 is 14.4 Å². The second kappa shape index (κ2) is 3.76. The maximum Gasteiger partial charge on any atom is 0.372 e. The highest BCUT2D eigenvalue weighted by Gasteiger charge is 2.23. The highest BCUT2D eigenvalue weighted by atomic mass is 16.4. The summed E-state index contributed by atoms with van der Waals surface area (Å²) >= 11 is 0. The minimum Gasteiger partial charge on any atom is -0.475 e. The molecule has 5 nitrogen and oxygen atoms in total. The number of likely N-dealkylation sites (tertiary alicyclic amines) is 1. The van der Waals surface area contributed by atoms with Crippen LogP contribution in [0.5, 0.6) is 0 Å². The number of carboxylic acid groups (broad SMARTS) is 1. The van der Waals surface area contributed by atoms with E-state index in [0.29, 0.717) is 25.1 Å². The van der Waals surface area contributed by atoms with Crippen LogP contribution in [0.25, 0.3) is 0 Å². The van der Waals surface area contributed by atoms with Crippen LogP contribution in [0.2, 0.25) is 0 Å². The quantitative estimate of drug-likeness (QED) is 0.809. The zero-order valence-electron chi connectivity index (χ0n) is 8.10. The highest BCUT2D eigenvalue weighted by Crippen LogP contribution is 2.17. The van der Waals surface area contributed by atoms with Crippen LogP contribution in [-0.2, 0) is 11.3 Å². The van der Waals surface area contributed by atoms with E-state index >= 15 is 0 Å². The van der Waals surface area contributed by atoms with E-state index in [4.69, 9.17) is 9.52 Å². The maximum absolute atomic E-state index is 11.3. The number of carbonyl (C=O) groups excluding carboxylic acids is 1. The lowest BCUT2D eigenvalue weighted by Gasteiger charge is -2.14. The summed E-state index contributed by atoms with van der Waals surface area (Å²) in [5, 5.41) is 8.80. The van der Waals surface area contributed by atoms with Crippen LogP contribution in [0.3, 0.4) is 0 Å². The van der Waals surface area contributed by atoms with Gasteiger partial charge in [0.25, 0.3) is 0 Å². The summed E-state index contributed by atoms with van der Waals surface area (Å²) in [6.45, 7) is 1.03. The summed E-state index contributed by atoms with van der Waals surface area (Å²) in [4.78, 5) is 23.7. The van der Waals surface area contributed by atoms with Crippen molar-refractivity contribution < 1.29 is 19.1 Å². The zero-order chi connectivity index (χ0) is 10.8. The van der Waals surface area contributed by atoms with Crippen LogP contribution in [0, 0.1) is 0 Å². The molecule has 0 unspecified atom stereocenters. The van der Waals surface area contributed by atoms with E-state index in [1.165, 1.54) is 6.26 Å². The third-order valence-corrected chi connectivity index (χ3v) is 2.47. The molecule has 1 aromatic heterocycles. The van der Waals surface area contributed by atoms with Crippen LogP contribution in [0.15, 0.2) is 16.7 Å². The number of aromatic carboxylic acids is 1. The number of rotatable bonds is 3. The zero-order valence-corrected chi connectivity index (χ0v) is 8.10. The lowest BCUT2D eigenvalue weighted by Crippen LogP contribution is -2.24. The molecule has 0 atom stereocenters. The molecule has 0 aromatic carbocycles. The second-order valence-electron chi connectivity index (χ2n) is 3.50. The molecule has 1 aromatic rings. The average molecular weight is 209 g/mol. The van der Waals surface area contributed by atoms with Gasteiger partial charge in [0.2, 0.25) is 11.7 Å². The number of carbonyl (C=O) groups is 2. The molecule has 5 heteroatoms. The predicted octanol–water partition coefficient (Wildman–Crippen LogP) is 1.10. The summed E-state index contributed by atoms with van der Waals surface area (Å²) in [6, 6.07) is 1.59. The maximum atomic E-state index is 11.3. The number of hydrogen-bond donors (Lipinski definition) is 1. The normalized spacial score (nSPS) is 16.0. The van der Waals surface area contributed by atoms with Crippen molar-refractivity contribution in [3.05, 3.63) is 23.7 Å². The first-order chi connectivity index (χ1) is 7.18. The monoisotopic (exact) mass is 209 g/mol. The molecule has 80 valence electrons. The van der Waals surface area contributed by atoms with Gasteiger partial charge in [0, 0.05) is 25.1 Å². The second-order valence-corrected chi connectivity index (χ2v) is 3.50. The Kier molecular flexibility index (Phi) is 2.45. The summed E-state index contributed by atoms with van der Waals surface area (Å²) in [5.74, 6) is -1.09. The SMILES string of the molecule is O=C(O)c1occc1CN1CCCC1=O. The van der Waals surface area contributed by atoms with E-state index in [1.54, 1.807) is 11.0 Å². The number of nitrogens with zero attached hydrogens (tertiary/aromatic N) is 1. The first-order valence-electron chi connectivity index (χ1n) is 4.76. The fourth-order valence-electron chi connectivity index (χ4n) is 1.72. The highest BCUT2D eigenvalue weighted by molar-refractivity contribution is 5.86. The molecule has 2 heterocycles. The summed E-state index contributed by atoms with van der Waals surface area (Å²) in [5.41, 5.74) is 0.553. The van der Waals surface area contributed by atoms with Crippen molar-refractivity contribution in [1.82, 2.24) is 4.90 Å². The predicted molar refractivity (Wildman–Crippen MR) is 50.3 cm³/mol. The minimum atomic E-state index is -1.10. The van der Waals surface area contributed by atoms with Crippen molar-refractivity contribution in [3.8, 4) is 0 Å². The molecule has 1 saturated heterocycles. The van der Waals surface area contributed by atoms with Crippen LogP contribution in [-0.4, -0.2) is 28.4 Å². The molecule has 1 N–H and O–H groups in total. The number of amides is 1. The van der Waals surface area contributed by atoms with Gasteiger partial charge in [-0.2, -0.15) is 0 Å². The van der Waals surface area contributed by atoms with E-state index in [0.717, 1.165) is 6.42 Å². The van der Waals surface area contributed by atoms with E-state index in [1.807, 2.05) is 0 Å². The van der Waals surface area contributed by atoms with Crippen molar-refractivity contribution >= 4 is 11.9 Å². The molecule has 0 radical (unpaired) electrons. The summed E-state index contributed by atoms with van der Waals surface area (Å²) in [6.07, 6.45) is 2.73. The van der Waals surface area contributed by atoms with E-state index < -0.39 is 5.97 Å². The van der Waals surface area contributed by atoms with Crippen molar-refractivity contribution in [1.29, 1.82) is 0 Å². The number of hydrogen-bond acceptors (Lipinski definition) is 3. The largest absolute Gasteiger partial charge is 0.475 e. The van der Waals surface area contributed by atoms with Crippen molar-refractivity contribution in [3.63, 3.8) is 0 Å². The molecule has 0 aliphatic carbocycles. The standard InChI is InChI=1S/C10H11NO4/c12-8-2-1-4-11(8)6-7-3-5-15-9(7)10(13)14/h3,5H,1-2,4,6H2,(H,13,14). The molecular formula is C10H11NO4. The Bertz CT molecular complexity index is 396. The fraction of sp³-hybridized carbons (Fsp3) is 0.400. The lowest BCUT2D eigenvalue weighted by atomic mass is 10.2. The van der Waals surface area contributed by atoms with Gasteiger partial charge in [0.15, 0.2) is 0 Å². The van der Waals surface area contributed by atoms with Crippen molar-refractivity contribution in [2.75, 3.05) is 6.54 Å². The summed E-state index contributed by atoms with van der Waals surface area (Å²) < 4.78 is 4.83. The van der Waals surface area contributed by atoms with Gasteiger partial charge in [0.05, 0.1) is 6.26 Å². The van der Waals surface area contributed by atoms with E-state index in [2.05, 4.69) is 0 Å². The Morgan fingerprint density at radius 2 is 2.40 bits per heavy atom. The van der Waals surface area contributed by atoms with Crippen LogP contribution >= 0.6 is 0 Å². The van der Waals surface area contributed by atoms with E-state index in [9.17, 15) is 9.59 Å². The molecule has 0 spiro atoms. The lowest BCUT2D eigenvalue weighted by molar-refractivity contribution is -0.128. The molecule has 0 bridgehead atoms. The number of furan rings is 1. The molecule has 0 saturated carbocycles. The van der Waals surface area contributed by atoms with E-state index in [-0.39, 0.29) is 11.7 Å². The number of carboxylic acids is 1.